The van der Waals surface area contributed by atoms with Crippen LogP contribution in [-0.2, 0) is 24.7 Å². The molecule has 22 heavy (non-hydrogen) atoms. The Morgan fingerprint density at radius 1 is 1.09 bits per heavy atom. The molecule has 1 aromatic carbocycles. The standard InChI is InChI=1S/C13H20N2O5S2/c1-4-15(5-2)13(16)10-14-22(19,20)12-8-6-7-11(9-12)21(3,17)18/h6-9,14H,4-5,10H2,1-3H3. The molecule has 0 aliphatic rings. The van der Waals surface area contributed by atoms with Gasteiger partial charge in [-0.3, -0.25) is 4.79 Å². The van der Waals surface area contributed by atoms with Gasteiger partial charge in [0.2, 0.25) is 15.9 Å². The third kappa shape index (κ3) is 4.79. The van der Waals surface area contributed by atoms with E-state index in [0.717, 1.165) is 12.3 Å². The zero-order valence-corrected chi connectivity index (χ0v) is 14.4. The lowest BCUT2D eigenvalue weighted by Crippen LogP contribution is -2.39. The number of rotatable bonds is 7. The normalized spacial score (nSPS) is 12.1. The molecule has 0 saturated heterocycles. The van der Waals surface area contributed by atoms with E-state index in [-0.39, 0.29) is 22.2 Å². The van der Waals surface area contributed by atoms with Crippen LogP contribution in [0.2, 0.25) is 0 Å². The largest absolute Gasteiger partial charge is 0.342 e. The van der Waals surface area contributed by atoms with Gasteiger partial charge in [-0.1, -0.05) is 6.07 Å². The monoisotopic (exact) mass is 348 g/mol. The van der Waals surface area contributed by atoms with Gasteiger partial charge < -0.3 is 4.90 Å². The fourth-order valence-electron chi connectivity index (χ4n) is 1.80. The van der Waals surface area contributed by atoms with Crippen LogP contribution in [0.1, 0.15) is 13.8 Å². The van der Waals surface area contributed by atoms with Gasteiger partial charge in [0, 0.05) is 19.3 Å². The van der Waals surface area contributed by atoms with Gasteiger partial charge in [0.1, 0.15) is 0 Å². The lowest BCUT2D eigenvalue weighted by Gasteiger charge is -2.18. The predicted molar refractivity (Wildman–Crippen MR) is 82.7 cm³/mol. The van der Waals surface area contributed by atoms with E-state index in [4.69, 9.17) is 0 Å². The molecule has 0 aliphatic carbocycles. The molecule has 1 aromatic rings. The number of carbonyl (C=O) groups excluding carboxylic acids is 1. The summed E-state index contributed by atoms with van der Waals surface area (Å²) in [5.74, 6) is -0.340. The Labute approximate surface area is 131 Å². The van der Waals surface area contributed by atoms with E-state index in [1.807, 2.05) is 0 Å². The number of sulfonamides is 1. The van der Waals surface area contributed by atoms with Crippen LogP contribution < -0.4 is 4.72 Å². The SMILES string of the molecule is CCN(CC)C(=O)CNS(=O)(=O)c1cccc(S(C)(=O)=O)c1. The van der Waals surface area contributed by atoms with Crippen LogP contribution in [0.25, 0.3) is 0 Å². The second-order valence-corrected chi connectivity index (χ2v) is 8.42. The van der Waals surface area contributed by atoms with E-state index in [9.17, 15) is 21.6 Å². The molecule has 0 saturated carbocycles. The van der Waals surface area contributed by atoms with E-state index in [0.29, 0.717) is 13.1 Å². The third-order valence-corrected chi connectivity index (χ3v) is 5.58. The fourth-order valence-corrected chi connectivity index (χ4v) is 3.56. The molecule has 0 atom stereocenters. The fraction of sp³-hybridized carbons (Fsp3) is 0.462. The van der Waals surface area contributed by atoms with Crippen LogP contribution in [0.3, 0.4) is 0 Å². The summed E-state index contributed by atoms with van der Waals surface area (Å²) in [5, 5.41) is 0. The van der Waals surface area contributed by atoms with E-state index >= 15 is 0 Å². The number of nitrogens with zero attached hydrogens (tertiary/aromatic N) is 1. The number of likely N-dealkylation sites (N-methyl/N-ethyl adjacent to an activating group) is 1. The van der Waals surface area contributed by atoms with Crippen LogP contribution in [0.15, 0.2) is 34.1 Å². The van der Waals surface area contributed by atoms with E-state index in [1.165, 1.54) is 23.1 Å². The van der Waals surface area contributed by atoms with Crippen molar-refractivity contribution >= 4 is 25.8 Å². The van der Waals surface area contributed by atoms with Gasteiger partial charge in [0.05, 0.1) is 16.3 Å². The first-order valence-corrected chi connectivity index (χ1v) is 10.1. The Morgan fingerprint density at radius 2 is 1.64 bits per heavy atom. The van der Waals surface area contributed by atoms with E-state index in [2.05, 4.69) is 4.72 Å². The Bertz CT molecular complexity index is 737. The maximum Gasteiger partial charge on any atom is 0.241 e. The summed E-state index contributed by atoms with van der Waals surface area (Å²) < 4.78 is 49.4. The molecule has 0 fully saturated rings. The Kier molecular flexibility index (Phi) is 6.09. The van der Waals surface area contributed by atoms with Crippen molar-refractivity contribution in [2.24, 2.45) is 0 Å². The summed E-state index contributed by atoms with van der Waals surface area (Å²) in [4.78, 5) is 13.0. The quantitative estimate of drug-likeness (QED) is 0.760. The van der Waals surface area contributed by atoms with Crippen LogP contribution in [0.5, 0.6) is 0 Å². The molecule has 9 heteroatoms. The van der Waals surface area contributed by atoms with Crippen molar-refractivity contribution in [3.8, 4) is 0 Å². The zero-order chi connectivity index (χ0) is 17.0. The summed E-state index contributed by atoms with van der Waals surface area (Å²) in [7, 11) is -7.46. The first-order valence-electron chi connectivity index (χ1n) is 6.69. The first kappa shape index (κ1) is 18.6. The molecule has 124 valence electrons. The highest BCUT2D eigenvalue weighted by Gasteiger charge is 2.19. The zero-order valence-electron chi connectivity index (χ0n) is 12.7. The molecular weight excluding hydrogens is 328 g/mol. The van der Waals surface area contributed by atoms with E-state index in [1.54, 1.807) is 13.8 Å². The minimum Gasteiger partial charge on any atom is -0.342 e. The third-order valence-electron chi connectivity index (χ3n) is 3.07. The van der Waals surface area contributed by atoms with Crippen LogP contribution in [0.4, 0.5) is 0 Å². The number of hydrogen-bond donors (Lipinski definition) is 1. The van der Waals surface area contributed by atoms with Gasteiger partial charge in [0.25, 0.3) is 0 Å². The van der Waals surface area contributed by atoms with Crippen LogP contribution in [-0.4, -0.2) is 53.5 Å². The number of carbonyl (C=O) groups is 1. The van der Waals surface area contributed by atoms with Crippen molar-refractivity contribution in [3.05, 3.63) is 24.3 Å². The van der Waals surface area contributed by atoms with Crippen molar-refractivity contribution < 1.29 is 21.6 Å². The van der Waals surface area contributed by atoms with Crippen LogP contribution >= 0.6 is 0 Å². The summed E-state index contributed by atoms with van der Waals surface area (Å²) in [6.45, 7) is 4.20. The minimum absolute atomic E-state index is 0.0922. The topological polar surface area (TPSA) is 101 Å². The first-order chi connectivity index (χ1) is 10.1. The average Bonchev–Trinajstić information content (AvgIpc) is 2.46. The molecule has 1 amide bonds. The van der Waals surface area contributed by atoms with Crippen molar-refractivity contribution in [2.45, 2.75) is 23.6 Å². The van der Waals surface area contributed by atoms with Crippen molar-refractivity contribution in [3.63, 3.8) is 0 Å². The lowest BCUT2D eigenvalue weighted by atomic mass is 10.4. The lowest BCUT2D eigenvalue weighted by molar-refractivity contribution is -0.129. The van der Waals surface area contributed by atoms with Gasteiger partial charge in [-0.05, 0) is 32.0 Å². The number of nitrogens with one attached hydrogen (secondary N) is 1. The predicted octanol–water partition coefficient (Wildman–Crippen LogP) is 0.237. The molecule has 0 radical (unpaired) electrons. The molecule has 1 N–H and O–H groups in total. The van der Waals surface area contributed by atoms with Crippen molar-refractivity contribution in [1.29, 1.82) is 0 Å². The molecule has 0 heterocycles. The molecule has 0 bridgehead atoms. The Morgan fingerprint density at radius 3 is 2.14 bits per heavy atom. The smallest absolute Gasteiger partial charge is 0.241 e. The number of hydrogen-bond acceptors (Lipinski definition) is 5. The Balaban J connectivity index is 2.94. The molecule has 0 aliphatic heterocycles. The number of amides is 1. The molecule has 0 aromatic heterocycles. The second-order valence-electron chi connectivity index (χ2n) is 4.64. The van der Waals surface area contributed by atoms with E-state index < -0.39 is 19.9 Å². The summed E-state index contributed by atoms with van der Waals surface area (Å²) >= 11 is 0. The number of sulfone groups is 1. The van der Waals surface area contributed by atoms with Gasteiger partial charge in [-0.25, -0.2) is 21.6 Å². The van der Waals surface area contributed by atoms with Gasteiger partial charge in [-0.15, -0.1) is 0 Å². The van der Waals surface area contributed by atoms with Gasteiger partial charge >= 0.3 is 0 Å². The molecular formula is C13H20N2O5S2. The highest BCUT2D eigenvalue weighted by atomic mass is 32.2. The van der Waals surface area contributed by atoms with Gasteiger partial charge in [-0.2, -0.15) is 0 Å². The summed E-state index contributed by atoms with van der Waals surface area (Å²) in [6, 6.07) is 5.00. The molecule has 7 nitrogen and oxygen atoms in total. The van der Waals surface area contributed by atoms with Crippen molar-refractivity contribution in [1.82, 2.24) is 9.62 Å². The maximum absolute atomic E-state index is 12.1. The minimum atomic E-state index is -3.95. The average molecular weight is 348 g/mol. The molecule has 1 rings (SSSR count). The second kappa shape index (κ2) is 7.21. The van der Waals surface area contributed by atoms with Gasteiger partial charge in [0.15, 0.2) is 9.84 Å². The summed E-state index contributed by atoms with van der Waals surface area (Å²) in [5.41, 5.74) is 0. The molecule has 0 unspecified atom stereocenters. The molecule has 0 spiro atoms. The highest BCUT2D eigenvalue weighted by Crippen LogP contribution is 2.15. The number of benzene rings is 1. The maximum atomic E-state index is 12.1. The van der Waals surface area contributed by atoms with Crippen LogP contribution in [0, 0.1) is 0 Å². The van der Waals surface area contributed by atoms with Crippen molar-refractivity contribution in [2.75, 3.05) is 25.9 Å². The summed E-state index contributed by atoms with van der Waals surface area (Å²) in [6.07, 6.45) is 0.996. The Hall–Kier alpha value is -1.45. The highest BCUT2D eigenvalue weighted by molar-refractivity contribution is 7.91.